The van der Waals surface area contributed by atoms with E-state index in [1.165, 1.54) is 6.20 Å². The number of carbonyl (C=O) groups is 1. The van der Waals surface area contributed by atoms with Crippen molar-refractivity contribution in [1.29, 1.82) is 0 Å². The van der Waals surface area contributed by atoms with Crippen LogP contribution in [0, 0.1) is 0 Å². The molecule has 0 aliphatic carbocycles. The maximum Gasteiger partial charge on any atom is 0.271 e. The molecular formula is C35H38N4O6. The highest BCUT2D eigenvalue weighted by molar-refractivity contribution is 5.93. The Balaban J connectivity index is 1.01. The molecule has 3 fully saturated rings. The molecule has 234 valence electrons. The van der Waals surface area contributed by atoms with Crippen LogP contribution >= 0.6 is 0 Å². The maximum absolute atomic E-state index is 12.8. The van der Waals surface area contributed by atoms with Gasteiger partial charge < -0.3 is 34.3 Å². The number of rotatable bonds is 8. The number of aliphatic hydroxyl groups excluding tert-OH is 1. The Hall–Kier alpha value is -3.77. The van der Waals surface area contributed by atoms with Gasteiger partial charge in [0.05, 0.1) is 49.3 Å². The van der Waals surface area contributed by atoms with E-state index in [0.717, 1.165) is 66.7 Å². The van der Waals surface area contributed by atoms with E-state index in [4.69, 9.17) is 18.9 Å². The first kappa shape index (κ1) is 29.9. The summed E-state index contributed by atoms with van der Waals surface area (Å²) in [6.07, 6.45) is 3.22. The second kappa shape index (κ2) is 13.3. The van der Waals surface area contributed by atoms with Crippen molar-refractivity contribution in [1.82, 2.24) is 20.2 Å². The third-order valence-electron chi connectivity index (χ3n) is 8.89. The Bertz CT molecular complexity index is 1600. The molecule has 3 aliphatic rings. The fourth-order valence-corrected chi connectivity index (χ4v) is 6.32. The zero-order valence-corrected chi connectivity index (χ0v) is 25.1. The second-order valence-electron chi connectivity index (χ2n) is 11.9. The molecule has 4 heterocycles. The van der Waals surface area contributed by atoms with Crippen LogP contribution in [0.2, 0.25) is 0 Å². The van der Waals surface area contributed by atoms with Crippen molar-refractivity contribution in [2.24, 2.45) is 0 Å². The van der Waals surface area contributed by atoms with Crippen molar-refractivity contribution in [3.63, 3.8) is 0 Å². The molecule has 1 spiro atoms. The van der Waals surface area contributed by atoms with Crippen LogP contribution in [0.5, 0.6) is 0 Å². The number of ether oxygens (including phenoxy) is 4. The number of amides is 1. The molecule has 3 unspecified atom stereocenters. The number of carbonyl (C=O) groups excluding carboxylic acids is 1. The van der Waals surface area contributed by atoms with Gasteiger partial charge in [-0.3, -0.25) is 9.78 Å². The molecule has 0 saturated carbocycles. The Morgan fingerprint density at radius 3 is 2.31 bits per heavy atom. The molecule has 1 amide bonds. The summed E-state index contributed by atoms with van der Waals surface area (Å²) in [6.45, 7) is 4.29. The number of nitrogens with zero attached hydrogens (tertiary/aromatic N) is 3. The van der Waals surface area contributed by atoms with E-state index in [-0.39, 0.29) is 30.4 Å². The van der Waals surface area contributed by atoms with Crippen molar-refractivity contribution in [2.45, 2.75) is 56.7 Å². The Morgan fingerprint density at radius 1 is 0.889 bits per heavy atom. The summed E-state index contributed by atoms with van der Waals surface area (Å²) in [5, 5.41) is 12.5. The van der Waals surface area contributed by atoms with Crippen LogP contribution in [0.25, 0.3) is 11.0 Å². The smallest absolute Gasteiger partial charge is 0.271 e. The first-order valence-electron chi connectivity index (χ1n) is 15.7. The summed E-state index contributed by atoms with van der Waals surface area (Å²) in [4.78, 5) is 24.0. The Morgan fingerprint density at radius 2 is 1.58 bits per heavy atom. The molecule has 0 bridgehead atoms. The van der Waals surface area contributed by atoms with Gasteiger partial charge >= 0.3 is 0 Å². The third-order valence-corrected chi connectivity index (χ3v) is 8.89. The molecule has 4 aromatic rings. The van der Waals surface area contributed by atoms with Crippen molar-refractivity contribution in [3.05, 3.63) is 107 Å². The minimum Gasteiger partial charge on any atom is -0.392 e. The molecular weight excluding hydrogens is 572 g/mol. The SMILES string of the molecule is O=C(NCc1ccc(C2OC(CN3CCC4(CC3)OCCO4)CC(c3ccc(CO)cc3)O2)cc1)c1cnc2ccccc2n1. The molecule has 3 aliphatic heterocycles. The molecule has 1 aromatic heterocycles. The van der Waals surface area contributed by atoms with E-state index in [0.29, 0.717) is 25.3 Å². The first-order chi connectivity index (χ1) is 22.1. The van der Waals surface area contributed by atoms with Crippen LogP contribution < -0.4 is 5.32 Å². The topological polar surface area (TPSA) is 115 Å². The number of piperidine rings is 1. The van der Waals surface area contributed by atoms with Gasteiger partial charge in [0.15, 0.2) is 12.1 Å². The number of hydrogen-bond acceptors (Lipinski definition) is 9. The molecule has 7 rings (SSSR count). The predicted octanol–water partition coefficient (Wildman–Crippen LogP) is 4.44. The lowest BCUT2D eigenvalue weighted by molar-refractivity contribution is -0.255. The van der Waals surface area contributed by atoms with Gasteiger partial charge in [-0.25, -0.2) is 4.98 Å². The van der Waals surface area contributed by atoms with E-state index in [2.05, 4.69) is 20.2 Å². The summed E-state index contributed by atoms with van der Waals surface area (Å²) >= 11 is 0. The number of likely N-dealkylation sites (tertiary alicyclic amines) is 1. The van der Waals surface area contributed by atoms with Gasteiger partial charge in [-0.2, -0.15) is 0 Å². The zero-order valence-electron chi connectivity index (χ0n) is 25.1. The van der Waals surface area contributed by atoms with E-state index >= 15 is 0 Å². The highest BCUT2D eigenvalue weighted by Gasteiger charge is 2.41. The summed E-state index contributed by atoms with van der Waals surface area (Å²) < 4.78 is 24.9. The number of para-hydroxylation sites is 2. The van der Waals surface area contributed by atoms with Crippen LogP contribution in [0.15, 0.2) is 79.0 Å². The lowest BCUT2D eigenvalue weighted by atomic mass is 9.98. The van der Waals surface area contributed by atoms with Crippen LogP contribution in [0.1, 0.15) is 64.4 Å². The van der Waals surface area contributed by atoms with E-state index in [1.54, 1.807) is 0 Å². The van der Waals surface area contributed by atoms with Crippen molar-refractivity contribution in [3.8, 4) is 0 Å². The zero-order chi connectivity index (χ0) is 30.6. The van der Waals surface area contributed by atoms with Crippen LogP contribution in [0.4, 0.5) is 0 Å². The number of hydrogen-bond donors (Lipinski definition) is 2. The van der Waals surface area contributed by atoms with Gasteiger partial charge in [0.2, 0.25) is 0 Å². The minimum absolute atomic E-state index is 0.00645. The fourth-order valence-electron chi connectivity index (χ4n) is 6.32. The van der Waals surface area contributed by atoms with Gasteiger partial charge in [0.25, 0.3) is 5.91 Å². The van der Waals surface area contributed by atoms with E-state index in [9.17, 15) is 9.90 Å². The summed E-state index contributed by atoms with van der Waals surface area (Å²) in [5.41, 5.74) is 5.51. The molecule has 3 atom stereocenters. The molecule has 10 nitrogen and oxygen atoms in total. The van der Waals surface area contributed by atoms with Gasteiger partial charge in [0, 0.05) is 51.0 Å². The fraction of sp³-hybridized carbons (Fsp3) is 0.400. The van der Waals surface area contributed by atoms with Crippen LogP contribution in [-0.2, 0) is 32.1 Å². The van der Waals surface area contributed by atoms with E-state index < -0.39 is 12.1 Å². The van der Waals surface area contributed by atoms with E-state index in [1.807, 2.05) is 72.8 Å². The van der Waals surface area contributed by atoms with Gasteiger partial charge in [-0.1, -0.05) is 60.7 Å². The minimum atomic E-state index is -0.541. The number of nitrogens with one attached hydrogen (secondary N) is 1. The molecule has 0 radical (unpaired) electrons. The lowest BCUT2D eigenvalue weighted by Gasteiger charge is -2.41. The van der Waals surface area contributed by atoms with Crippen molar-refractivity contribution < 1.29 is 28.8 Å². The molecule has 3 saturated heterocycles. The lowest BCUT2D eigenvalue weighted by Crippen LogP contribution is -2.48. The average Bonchev–Trinajstić information content (AvgIpc) is 3.56. The first-order valence-corrected chi connectivity index (χ1v) is 15.7. The highest BCUT2D eigenvalue weighted by Crippen LogP contribution is 2.39. The maximum atomic E-state index is 12.8. The van der Waals surface area contributed by atoms with Crippen LogP contribution in [0.3, 0.4) is 0 Å². The monoisotopic (exact) mass is 610 g/mol. The number of fused-ring (bicyclic) bond motifs is 1. The number of aromatic nitrogens is 2. The normalized spacial score (nSPS) is 23.4. The Labute approximate surface area is 262 Å². The molecule has 3 aromatic carbocycles. The second-order valence-corrected chi connectivity index (χ2v) is 11.9. The quantitative estimate of drug-likeness (QED) is 0.299. The van der Waals surface area contributed by atoms with Gasteiger partial charge in [0.1, 0.15) is 5.69 Å². The standard InChI is InChI=1S/C35H38N4O6/c40-23-25-7-9-26(10-8-25)32-19-28(22-39-15-13-35(14-16-39)42-17-18-43-35)44-34(45-32)27-11-5-24(6-12-27)20-37-33(41)31-21-36-29-3-1-2-4-30(29)38-31/h1-12,21,28,32,34,40H,13-20,22-23H2,(H,37,41). The summed E-state index contributed by atoms with van der Waals surface area (Å²) in [6, 6.07) is 23.4. The van der Waals surface area contributed by atoms with Crippen molar-refractivity contribution in [2.75, 3.05) is 32.8 Å². The van der Waals surface area contributed by atoms with Crippen LogP contribution in [-0.4, -0.2) is 70.6 Å². The van der Waals surface area contributed by atoms with Gasteiger partial charge in [-0.15, -0.1) is 0 Å². The number of benzene rings is 3. The largest absolute Gasteiger partial charge is 0.392 e. The molecule has 2 N–H and O–H groups in total. The molecule has 10 heteroatoms. The average molecular weight is 611 g/mol. The predicted molar refractivity (Wildman–Crippen MR) is 166 cm³/mol. The summed E-state index contributed by atoms with van der Waals surface area (Å²) in [5.74, 6) is -0.680. The Kier molecular flexibility index (Phi) is 8.84. The third kappa shape index (κ3) is 6.91. The summed E-state index contributed by atoms with van der Waals surface area (Å²) in [7, 11) is 0. The molecule has 45 heavy (non-hydrogen) atoms. The number of aliphatic hydroxyl groups is 1. The highest BCUT2D eigenvalue weighted by atomic mass is 16.7. The van der Waals surface area contributed by atoms with Gasteiger partial charge in [-0.05, 0) is 28.8 Å². The van der Waals surface area contributed by atoms with Crippen molar-refractivity contribution >= 4 is 16.9 Å².